The Morgan fingerprint density at radius 3 is 2.35 bits per heavy atom. The Bertz CT molecular complexity index is 629. The van der Waals surface area contributed by atoms with Gasteiger partial charge in [-0.05, 0) is 55.4 Å². The van der Waals surface area contributed by atoms with E-state index in [1.54, 1.807) is 7.05 Å². The number of carbonyl (C=O) groups is 2. The highest BCUT2D eigenvalue weighted by Crippen LogP contribution is 2.32. The molecule has 1 aromatic rings. The fourth-order valence-electron chi connectivity index (χ4n) is 3.90. The summed E-state index contributed by atoms with van der Waals surface area (Å²) in [5.74, 6) is 1.20. The molecule has 2 heterocycles. The van der Waals surface area contributed by atoms with Gasteiger partial charge in [0.1, 0.15) is 11.6 Å². The molecule has 7 heteroatoms. The molecule has 0 spiro atoms. The molecule has 0 radical (unpaired) electrons. The maximum Gasteiger partial charge on any atom is 0.317 e. The SMILES string of the molecule is CNC(=O)N1CCC(C2CCN(C(=O)COc3ccc(F)cc3)C2)CC1. The van der Waals surface area contributed by atoms with E-state index in [0.717, 1.165) is 45.4 Å². The number of nitrogens with zero attached hydrogens (tertiary/aromatic N) is 2. The van der Waals surface area contributed by atoms with Gasteiger partial charge in [-0.3, -0.25) is 4.79 Å². The Balaban J connectivity index is 1.42. The minimum absolute atomic E-state index is 0.00961. The lowest BCUT2D eigenvalue weighted by atomic mass is 9.84. The van der Waals surface area contributed by atoms with Gasteiger partial charge in [0.05, 0.1) is 0 Å². The Hall–Kier alpha value is -2.31. The first-order valence-corrected chi connectivity index (χ1v) is 9.19. The van der Waals surface area contributed by atoms with Crippen molar-refractivity contribution in [2.24, 2.45) is 11.8 Å². The topological polar surface area (TPSA) is 61.9 Å². The van der Waals surface area contributed by atoms with E-state index >= 15 is 0 Å². The van der Waals surface area contributed by atoms with Crippen LogP contribution in [0.1, 0.15) is 19.3 Å². The molecule has 1 atom stereocenters. The van der Waals surface area contributed by atoms with Gasteiger partial charge in [0.15, 0.2) is 6.61 Å². The van der Waals surface area contributed by atoms with Crippen LogP contribution in [0.25, 0.3) is 0 Å². The van der Waals surface area contributed by atoms with E-state index in [4.69, 9.17) is 4.74 Å². The molecule has 6 nitrogen and oxygen atoms in total. The third-order valence-corrected chi connectivity index (χ3v) is 5.46. The highest BCUT2D eigenvalue weighted by Gasteiger charge is 2.34. The molecule has 1 N–H and O–H groups in total. The van der Waals surface area contributed by atoms with E-state index < -0.39 is 0 Å². The average Bonchev–Trinajstić information content (AvgIpc) is 3.17. The largest absolute Gasteiger partial charge is 0.484 e. The molecule has 26 heavy (non-hydrogen) atoms. The second-order valence-electron chi connectivity index (χ2n) is 7.01. The molecule has 0 aliphatic carbocycles. The Kier molecular flexibility index (Phi) is 5.96. The zero-order chi connectivity index (χ0) is 18.5. The van der Waals surface area contributed by atoms with Crippen molar-refractivity contribution in [2.45, 2.75) is 19.3 Å². The van der Waals surface area contributed by atoms with Gasteiger partial charge in [-0.15, -0.1) is 0 Å². The highest BCUT2D eigenvalue weighted by atomic mass is 19.1. The van der Waals surface area contributed by atoms with Crippen molar-refractivity contribution in [1.29, 1.82) is 0 Å². The molecule has 0 bridgehead atoms. The number of hydrogen-bond donors (Lipinski definition) is 1. The molecule has 142 valence electrons. The smallest absolute Gasteiger partial charge is 0.317 e. The van der Waals surface area contributed by atoms with E-state index in [1.165, 1.54) is 24.3 Å². The van der Waals surface area contributed by atoms with Gasteiger partial charge in [0.2, 0.25) is 0 Å². The van der Waals surface area contributed by atoms with Crippen molar-refractivity contribution in [3.8, 4) is 5.75 Å². The van der Waals surface area contributed by atoms with E-state index in [9.17, 15) is 14.0 Å². The fourth-order valence-corrected chi connectivity index (χ4v) is 3.90. The summed E-state index contributed by atoms with van der Waals surface area (Å²) in [5, 5.41) is 2.67. The van der Waals surface area contributed by atoms with Crippen molar-refractivity contribution in [2.75, 3.05) is 39.8 Å². The number of rotatable bonds is 4. The van der Waals surface area contributed by atoms with Gasteiger partial charge in [-0.2, -0.15) is 0 Å². The molecule has 2 aliphatic heterocycles. The predicted molar refractivity (Wildman–Crippen MR) is 95.3 cm³/mol. The first-order chi connectivity index (χ1) is 12.6. The Morgan fingerprint density at radius 2 is 1.69 bits per heavy atom. The standard InChI is InChI=1S/C19H26FN3O3/c1-21-19(25)22-9-6-14(7-10-22)15-8-11-23(12-15)18(24)13-26-17-4-2-16(20)3-5-17/h2-5,14-15H,6-13H2,1H3,(H,21,25). The summed E-state index contributed by atoms with van der Waals surface area (Å²) >= 11 is 0. The van der Waals surface area contributed by atoms with E-state index in [0.29, 0.717) is 17.6 Å². The number of urea groups is 1. The Morgan fingerprint density at radius 1 is 1.08 bits per heavy atom. The molecule has 2 aliphatic rings. The van der Waals surface area contributed by atoms with E-state index in [-0.39, 0.29) is 24.4 Å². The van der Waals surface area contributed by atoms with Crippen LogP contribution in [0.2, 0.25) is 0 Å². The first-order valence-electron chi connectivity index (χ1n) is 9.19. The van der Waals surface area contributed by atoms with E-state index in [1.807, 2.05) is 9.80 Å². The normalized spacial score (nSPS) is 20.9. The summed E-state index contributed by atoms with van der Waals surface area (Å²) in [5.41, 5.74) is 0. The number of amides is 3. The van der Waals surface area contributed by atoms with E-state index in [2.05, 4.69) is 5.32 Å². The van der Waals surface area contributed by atoms with Crippen molar-refractivity contribution >= 4 is 11.9 Å². The van der Waals surface area contributed by atoms with Crippen molar-refractivity contribution in [1.82, 2.24) is 15.1 Å². The number of halogens is 1. The average molecular weight is 363 g/mol. The fraction of sp³-hybridized carbons (Fsp3) is 0.579. The minimum Gasteiger partial charge on any atom is -0.484 e. The molecule has 2 saturated heterocycles. The summed E-state index contributed by atoms with van der Waals surface area (Å²) in [6.07, 6.45) is 2.99. The van der Waals surface area contributed by atoms with Crippen molar-refractivity contribution < 1.29 is 18.7 Å². The minimum atomic E-state index is -0.325. The number of likely N-dealkylation sites (tertiary alicyclic amines) is 2. The van der Waals surface area contributed by atoms with Crippen LogP contribution >= 0.6 is 0 Å². The van der Waals surface area contributed by atoms with Crippen LogP contribution in [0.4, 0.5) is 9.18 Å². The van der Waals surface area contributed by atoms with Crippen LogP contribution in [0.5, 0.6) is 5.75 Å². The first kappa shape index (κ1) is 18.5. The van der Waals surface area contributed by atoms with Gasteiger partial charge in [-0.1, -0.05) is 0 Å². The number of nitrogens with one attached hydrogen (secondary N) is 1. The maximum atomic E-state index is 12.9. The molecule has 1 unspecified atom stereocenters. The van der Waals surface area contributed by atoms with Crippen LogP contribution in [0.15, 0.2) is 24.3 Å². The summed E-state index contributed by atoms with van der Waals surface area (Å²) < 4.78 is 18.3. The molecule has 0 aromatic heterocycles. The third kappa shape index (κ3) is 4.45. The summed E-state index contributed by atoms with van der Waals surface area (Å²) in [4.78, 5) is 27.7. The van der Waals surface area contributed by atoms with Crippen LogP contribution < -0.4 is 10.1 Å². The summed E-state index contributed by atoms with van der Waals surface area (Å²) in [6, 6.07) is 5.67. The molecular weight excluding hydrogens is 337 g/mol. The van der Waals surface area contributed by atoms with Crippen molar-refractivity contribution in [3.63, 3.8) is 0 Å². The lowest BCUT2D eigenvalue weighted by Gasteiger charge is -2.34. The zero-order valence-corrected chi connectivity index (χ0v) is 15.1. The lowest BCUT2D eigenvalue weighted by Crippen LogP contribution is -2.44. The van der Waals surface area contributed by atoms with Gasteiger partial charge in [0, 0.05) is 33.2 Å². The quantitative estimate of drug-likeness (QED) is 0.891. The second-order valence-corrected chi connectivity index (χ2v) is 7.01. The van der Waals surface area contributed by atoms with Gasteiger partial charge in [0.25, 0.3) is 5.91 Å². The summed E-state index contributed by atoms with van der Waals surface area (Å²) in [7, 11) is 1.66. The van der Waals surface area contributed by atoms with Gasteiger partial charge >= 0.3 is 6.03 Å². The highest BCUT2D eigenvalue weighted by molar-refractivity contribution is 5.78. The number of piperidine rings is 1. The van der Waals surface area contributed by atoms with Crippen LogP contribution in [0.3, 0.4) is 0 Å². The van der Waals surface area contributed by atoms with Gasteiger partial charge < -0.3 is 19.9 Å². The molecule has 3 rings (SSSR count). The molecular formula is C19H26FN3O3. The number of ether oxygens (including phenoxy) is 1. The number of benzene rings is 1. The Labute approximate surface area is 153 Å². The second kappa shape index (κ2) is 8.38. The monoisotopic (exact) mass is 363 g/mol. The number of carbonyl (C=O) groups excluding carboxylic acids is 2. The lowest BCUT2D eigenvalue weighted by molar-refractivity contribution is -0.132. The molecule has 2 fully saturated rings. The number of hydrogen-bond acceptors (Lipinski definition) is 3. The molecule has 0 saturated carbocycles. The summed E-state index contributed by atoms with van der Waals surface area (Å²) in [6.45, 7) is 3.06. The molecule has 1 aromatic carbocycles. The maximum absolute atomic E-state index is 12.9. The van der Waals surface area contributed by atoms with Crippen LogP contribution in [-0.2, 0) is 4.79 Å². The predicted octanol–water partition coefficient (Wildman–Crippen LogP) is 2.10. The van der Waals surface area contributed by atoms with Crippen LogP contribution in [-0.4, -0.2) is 61.6 Å². The van der Waals surface area contributed by atoms with Gasteiger partial charge in [-0.25, -0.2) is 9.18 Å². The van der Waals surface area contributed by atoms with Crippen molar-refractivity contribution in [3.05, 3.63) is 30.1 Å². The van der Waals surface area contributed by atoms with Crippen LogP contribution in [0, 0.1) is 17.7 Å². The third-order valence-electron chi connectivity index (χ3n) is 5.46. The zero-order valence-electron chi connectivity index (χ0n) is 15.1. The molecule has 3 amide bonds.